The van der Waals surface area contributed by atoms with Gasteiger partial charge in [-0.3, -0.25) is 4.79 Å². The molecule has 0 spiro atoms. The van der Waals surface area contributed by atoms with Crippen LogP contribution in [-0.4, -0.2) is 25.7 Å². The minimum absolute atomic E-state index is 0.146. The third kappa shape index (κ3) is 5.97. The van der Waals surface area contributed by atoms with Crippen molar-refractivity contribution >= 4 is 22.9 Å². The molecular formula is C25H26O7. The maximum absolute atomic E-state index is 12.1. The normalized spacial score (nSPS) is 12.7. The van der Waals surface area contributed by atoms with Crippen molar-refractivity contribution in [2.45, 2.75) is 32.6 Å². The van der Waals surface area contributed by atoms with Crippen molar-refractivity contribution in [1.82, 2.24) is 0 Å². The van der Waals surface area contributed by atoms with Gasteiger partial charge < -0.3 is 18.6 Å². The second kappa shape index (κ2) is 10.6. The lowest BCUT2D eigenvalue weighted by Gasteiger charge is -2.18. The van der Waals surface area contributed by atoms with Crippen LogP contribution in [0.5, 0.6) is 11.5 Å². The molecule has 0 aliphatic carbocycles. The van der Waals surface area contributed by atoms with Crippen LogP contribution in [0.25, 0.3) is 11.0 Å². The Bertz CT molecular complexity index is 1130. The molecule has 0 fully saturated rings. The quantitative estimate of drug-likeness (QED) is 0.276. The Labute approximate surface area is 185 Å². The van der Waals surface area contributed by atoms with E-state index in [1.165, 1.54) is 13.2 Å². The van der Waals surface area contributed by atoms with Crippen LogP contribution in [0, 0.1) is 5.92 Å². The van der Waals surface area contributed by atoms with Gasteiger partial charge in [0.05, 0.1) is 13.0 Å². The van der Waals surface area contributed by atoms with Gasteiger partial charge in [0.25, 0.3) is 0 Å². The van der Waals surface area contributed by atoms with Crippen molar-refractivity contribution in [1.29, 1.82) is 0 Å². The standard InChI is InChI=1S/C25H26O7/c1-4-17(25(28)29-3)13-16(2)18-5-9-20(10-6-18)31-24(27)15-30-21-11-7-19-8-12-23(26)32-22(19)14-21/h5-12,14,16-17H,4,13,15H2,1-3H3. The summed E-state index contributed by atoms with van der Waals surface area (Å²) in [5, 5.41) is 0.755. The monoisotopic (exact) mass is 438 g/mol. The van der Waals surface area contributed by atoms with Gasteiger partial charge in [0.1, 0.15) is 17.1 Å². The highest BCUT2D eigenvalue weighted by molar-refractivity contribution is 5.78. The van der Waals surface area contributed by atoms with Gasteiger partial charge in [0.15, 0.2) is 6.61 Å². The summed E-state index contributed by atoms with van der Waals surface area (Å²) in [6.45, 7) is 3.72. The molecule has 0 saturated heterocycles. The number of ether oxygens (including phenoxy) is 3. The van der Waals surface area contributed by atoms with Gasteiger partial charge in [-0.1, -0.05) is 26.0 Å². The van der Waals surface area contributed by atoms with E-state index in [2.05, 4.69) is 0 Å². The number of esters is 2. The second-order valence-corrected chi connectivity index (χ2v) is 7.55. The van der Waals surface area contributed by atoms with E-state index >= 15 is 0 Å². The predicted octanol–water partition coefficient (Wildman–Crippen LogP) is 4.47. The van der Waals surface area contributed by atoms with Gasteiger partial charge in [-0.05, 0) is 54.7 Å². The molecular weight excluding hydrogens is 412 g/mol. The molecule has 7 nitrogen and oxygen atoms in total. The SMILES string of the molecule is CCC(CC(C)c1ccc(OC(=O)COc2ccc3ccc(=O)oc3c2)cc1)C(=O)OC. The second-order valence-electron chi connectivity index (χ2n) is 7.55. The maximum Gasteiger partial charge on any atom is 0.349 e. The highest BCUT2D eigenvalue weighted by Gasteiger charge is 2.21. The van der Waals surface area contributed by atoms with Crippen LogP contribution in [0.1, 0.15) is 38.2 Å². The first kappa shape index (κ1) is 23.1. The number of carbonyl (C=O) groups is 2. The molecule has 1 heterocycles. The Balaban J connectivity index is 1.54. The summed E-state index contributed by atoms with van der Waals surface area (Å²) in [4.78, 5) is 35.3. The Hall–Kier alpha value is -3.61. The molecule has 0 saturated carbocycles. The van der Waals surface area contributed by atoms with E-state index in [1.807, 2.05) is 26.0 Å². The number of fused-ring (bicyclic) bond motifs is 1. The molecule has 0 N–H and O–H groups in total. The lowest BCUT2D eigenvalue weighted by atomic mass is 9.89. The Morgan fingerprint density at radius 2 is 1.69 bits per heavy atom. The van der Waals surface area contributed by atoms with E-state index in [4.69, 9.17) is 18.6 Å². The van der Waals surface area contributed by atoms with Crippen molar-refractivity contribution in [3.05, 3.63) is 70.6 Å². The van der Waals surface area contributed by atoms with Crippen LogP contribution in [-0.2, 0) is 14.3 Å². The summed E-state index contributed by atoms with van der Waals surface area (Å²) in [6, 6.07) is 15.2. The van der Waals surface area contributed by atoms with Gasteiger partial charge >= 0.3 is 17.6 Å². The summed E-state index contributed by atoms with van der Waals surface area (Å²) in [6.07, 6.45) is 1.40. The van der Waals surface area contributed by atoms with Crippen molar-refractivity contribution in [2.75, 3.05) is 13.7 Å². The minimum atomic E-state index is -0.558. The molecule has 0 aliphatic rings. The number of benzene rings is 2. The molecule has 2 atom stereocenters. The average molecular weight is 438 g/mol. The molecule has 1 aromatic heterocycles. The van der Waals surface area contributed by atoms with Crippen molar-refractivity contribution in [3.63, 3.8) is 0 Å². The molecule has 0 bridgehead atoms. The first-order valence-corrected chi connectivity index (χ1v) is 10.4. The summed E-state index contributed by atoms with van der Waals surface area (Å²) < 4.78 is 20.7. The molecule has 168 valence electrons. The van der Waals surface area contributed by atoms with E-state index in [0.717, 1.165) is 17.4 Å². The van der Waals surface area contributed by atoms with Gasteiger partial charge in [0.2, 0.25) is 0 Å². The fourth-order valence-electron chi connectivity index (χ4n) is 3.46. The van der Waals surface area contributed by atoms with Crippen LogP contribution >= 0.6 is 0 Å². The topological polar surface area (TPSA) is 92.0 Å². The lowest BCUT2D eigenvalue weighted by molar-refractivity contribution is -0.146. The number of methoxy groups -OCH3 is 1. The molecule has 2 unspecified atom stereocenters. The molecule has 0 radical (unpaired) electrons. The van der Waals surface area contributed by atoms with E-state index in [0.29, 0.717) is 23.5 Å². The van der Waals surface area contributed by atoms with E-state index in [-0.39, 0.29) is 24.4 Å². The first-order valence-electron chi connectivity index (χ1n) is 10.4. The fraction of sp³-hybridized carbons (Fsp3) is 0.320. The molecule has 7 heteroatoms. The number of hydrogen-bond acceptors (Lipinski definition) is 7. The zero-order chi connectivity index (χ0) is 23.1. The summed E-state index contributed by atoms with van der Waals surface area (Å²) in [5.74, 6) is 0.0478. The molecule has 0 aliphatic heterocycles. The lowest BCUT2D eigenvalue weighted by Crippen LogP contribution is -2.18. The molecule has 0 amide bonds. The Morgan fingerprint density at radius 1 is 1.00 bits per heavy atom. The molecule has 3 rings (SSSR count). The maximum atomic E-state index is 12.1. The van der Waals surface area contributed by atoms with Crippen LogP contribution in [0.2, 0.25) is 0 Å². The first-order chi connectivity index (χ1) is 15.4. The number of hydrogen-bond donors (Lipinski definition) is 0. The van der Waals surface area contributed by atoms with Crippen LogP contribution in [0.3, 0.4) is 0 Å². The smallest absolute Gasteiger partial charge is 0.349 e. The predicted molar refractivity (Wildman–Crippen MR) is 119 cm³/mol. The van der Waals surface area contributed by atoms with Gasteiger partial charge in [-0.15, -0.1) is 0 Å². The van der Waals surface area contributed by atoms with Crippen molar-refractivity contribution < 1.29 is 28.2 Å². The molecule has 32 heavy (non-hydrogen) atoms. The summed E-state index contributed by atoms with van der Waals surface area (Å²) in [5.41, 5.74) is 0.967. The Kier molecular flexibility index (Phi) is 7.65. The molecule has 3 aromatic rings. The van der Waals surface area contributed by atoms with E-state index in [9.17, 15) is 14.4 Å². The average Bonchev–Trinajstić information content (AvgIpc) is 2.80. The van der Waals surface area contributed by atoms with Gasteiger partial charge in [-0.2, -0.15) is 0 Å². The third-order valence-corrected chi connectivity index (χ3v) is 5.30. The number of rotatable bonds is 9. The highest BCUT2D eigenvalue weighted by atomic mass is 16.6. The largest absolute Gasteiger partial charge is 0.482 e. The molecule has 2 aromatic carbocycles. The number of carbonyl (C=O) groups excluding carboxylic acids is 2. The van der Waals surface area contributed by atoms with Crippen LogP contribution < -0.4 is 15.1 Å². The highest BCUT2D eigenvalue weighted by Crippen LogP contribution is 2.27. The van der Waals surface area contributed by atoms with E-state index in [1.54, 1.807) is 36.4 Å². The van der Waals surface area contributed by atoms with Crippen molar-refractivity contribution in [2.24, 2.45) is 5.92 Å². The van der Waals surface area contributed by atoms with Crippen molar-refractivity contribution in [3.8, 4) is 11.5 Å². The minimum Gasteiger partial charge on any atom is -0.482 e. The zero-order valence-corrected chi connectivity index (χ0v) is 18.3. The zero-order valence-electron chi connectivity index (χ0n) is 18.3. The van der Waals surface area contributed by atoms with Crippen LogP contribution in [0.4, 0.5) is 0 Å². The van der Waals surface area contributed by atoms with Crippen LogP contribution in [0.15, 0.2) is 63.8 Å². The summed E-state index contributed by atoms with van der Waals surface area (Å²) in [7, 11) is 1.40. The van der Waals surface area contributed by atoms with Gasteiger partial charge in [-0.25, -0.2) is 9.59 Å². The third-order valence-electron chi connectivity index (χ3n) is 5.30. The summed E-state index contributed by atoms with van der Waals surface area (Å²) >= 11 is 0. The van der Waals surface area contributed by atoms with E-state index < -0.39 is 11.6 Å². The fourth-order valence-corrected chi connectivity index (χ4v) is 3.46. The Morgan fingerprint density at radius 3 is 2.38 bits per heavy atom. The van der Waals surface area contributed by atoms with Gasteiger partial charge in [0, 0.05) is 17.5 Å².